The summed E-state index contributed by atoms with van der Waals surface area (Å²) < 4.78 is 11.9. The van der Waals surface area contributed by atoms with E-state index in [1.54, 1.807) is 11.8 Å². The average molecular weight is 498 g/mol. The zero-order valence-electron chi connectivity index (χ0n) is 17.3. The lowest BCUT2D eigenvalue weighted by Crippen LogP contribution is -2.58. The van der Waals surface area contributed by atoms with E-state index in [0.29, 0.717) is 31.0 Å². The lowest BCUT2D eigenvalue weighted by Gasteiger charge is -2.38. The van der Waals surface area contributed by atoms with Crippen molar-refractivity contribution < 1.29 is 19.1 Å². The van der Waals surface area contributed by atoms with Gasteiger partial charge >= 0.3 is 12.1 Å². The average Bonchev–Trinajstić information content (AvgIpc) is 2.93. The van der Waals surface area contributed by atoms with Crippen molar-refractivity contribution in [2.45, 2.75) is 57.3 Å². The van der Waals surface area contributed by atoms with E-state index in [4.69, 9.17) is 21.7 Å². The lowest BCUT2D eigenvalue weighted by molar-refractivity contribution is -0.143. The second kappa shape index (κ2) is 10.1. The molecule has 0 bridgehead atoms. The fourth-order valence-corrected chi connectivity index (χ4v) is 5.10. The van der Waals surface area contributed by atoms with Crippen molar-refractivity contribution in [3.63, 3.8) is 0 Å². The van der Waals surface area contributed by atoms with Crippen LogP contribution in [0.2, 0.25) is 0 Å². The van der Waals surface area contributed by atoms with Gasteiger partial charge < -0.3 is 20.1 Å². The minimum atomic E-state index is -0.665. The van der Waals surface area contributed by atoms with E-state index in [2.05, 4.69) is 26.6 Å². The van der Waals surface area contributed by atoms with Crippen molar-refractivity contribution in [3.8, 4) is 0 Å². The molecule has 0 aromatic heterocycles. The normalized spacial score (nSPS) is 21.2. The number of nitrogens with zero attached hydrogens (tertiary/aromatic N) is 1. The quantitative estimate of drug-likeness (QED) is 0.442. The molecule has 1 aromatic rings. The molecule has 1 aromatic carbocycles. The first-order valence-electron chi connectivity index (χ1n) is 10.3. The SMILES string of the molecule is CCOC(=O)CC(C)NC(=S)C1N(Cc2cccc(Br)c2)C(=O)OC12CCNCC2. The fourth-order valence-electron chi connectivity index (χ4n) is 4.11. The Kier molecular flexibility index (Phi) is 7.70. The Morgan fingerprint density at radius 1 is 1.47 bits per heavy atom. The van der Waals surface area contributed by atoms with Crippen LogP contribution in [-0.4, -0.2) is 59.3 Å². The van der Waals surface area contributed by atoms with E-state index in [9.17, 15) is 9.59 Å². The third-order valence-corrected chi connectivity index (χ3v) is 6.28. The highest BCUT2D eigenvalue weighted by molar-refractivity contribution is 9.10. The zero-order valence-corrected chi connectivity index (χ0v) is 19.7. The highest BCUT2D eigenvalue weighted by atomic mass is 79.9. The summed E-state index contributed by atoms with van der Waals surface area (Å²) in [5.74, 6) is -0.276. The predicted molar refractivity (Wildman–Crippen MR) is 121 cm³/mol. The smallest absolute Gasteiger partial charge is 0.411 e. The lowest BCUT2D eigenvalue weighted by atomic mass is 9.84. The van der Waals surface area contributed by atoms with Gasteiger partial charge in [-0.15, -0.1) is 0 Å². The molecule has 164 valence electrons. The molecule has 2 fully saturated rings. The first-order valence-corrected chi connectivity index (χ1v) is 11.5. The number of piperidine rings is 1. The minimum Gasteiger partial charge on any atom is -0.466 e. The van der Waals surface area contributed by atoms with Crippen molar-refractivity contribution in [2.24, 2.45) is 0 Å². The molecule has 2 N–H and O–H groups in total. The molecule has 0 aliphatic carbocycles. The van der Waals surface area contributed by atoms with Gasteiger partial charge in [0, 0.05) is 29.9 Å². The third kappa shape index (κ3) is 5.31. The van der Waals surface area contributed by atoms with Crippen LogP contribution in [0, 0.1) is 0 Å². The molecular weight excluding hydrogens is 470 g/mol. The minimum absolute atomic E-state index is 0.204. The molecule has 9 heteroatoms. The summed E-state index contributed by atoms with van der Waals surface area (Å²) >= 11 is 9.25. The standard InChI is InChI=1S/C21H28BrN3O4S/c1-3-28-17(26)11-14(2)24-19(30)18-21(7-9-23-10-8-21)29-20(27)25(18)13-15-5-4-6-16(22)12-15/h4-6,12,14,18,23H,3,7-11,13H2,1-2H3,(H,24,30). The van der Waals surface area contributed by atoms with E-state index in [0.717, 1.165) is 23.1 Å². The molecule has 2 aliphatic heterocycles. The van der Waals surface area contributed by atoms with E-state index >= 15 is 0 Å². The molecule has 2 aliphatic rings. The van der Waals surface area contributed by atoms with Gasteiger partial charge in [-0.1, -0.05) is 40.3 Å². The number of amides is 1. The topological polar surface area (TPSA) is 79.9 Å². The summed E-state index contributed by atoms with van der Waals surface area (Å²) in [5.41, 5.74) is 0.321. The zero-order chi connectivity index (χ0) is 21.7. The maximum atomic E-state index is 12.9. The number of esters is 1. The van der Waals surface area contributed by atoms with Crippen molar-refractivity contribution in [1.82, 2.24) is 15.5 Å². The van der Waals surface area contributed by atoms with Crippen molar-refractivity contribution >= 4 is 45.2 Å². The van der Waals surface area contributed by atoms with Gasteiger partial charge in [0.25, 0.3) is 0 Å². The second-order valence-corrected chi connectivity index (χ2v) is 9.12. The highest BCUT2D eigenvalue weighted by Crippen LogP contribution is 2.38. The van der Waals surface area contributed by atoms with E-state index in [1.165, 1.54) is 0 Å². The first kappa shape index (κ1) is 23.0. The Morgan fingerprint density at radius 3 is 2.87 bits per heavy atom. The first-order chi connectivity index (χ1) is 14.3. The Hall–Kier alpha value is -1.71. The van der Waals surface area contributed by atoms with Crippen LogP contribution in [0.25, 0.3) is 0 Å². The number of thiocarbonyl (C=S) groups is 1. The molecule has 2 saturated heterocycles. The molecular formula is C21H28BrN3O4S. The Morgan fingerprint density at radius 2 is 2.20 bits per heavy atom. The molecule has 0 saturated carbocycles. The number of ether oxygens (including phenoxy) is 2. The maximum absolute atomic E-state index is 12.9. The van der Waals surface area contributed by atoms with Crippen LogP contribution >= 0.6 is 28.1 Å². The molecule has 1 spiro atoms. The number of halogens is 1. The van der Waals surface area contributed by atoms with Gasteiger partial charge in [-0.05, 0) is 44.6 Å². The van der Waals surface area contributed by atoms with Crippen LogP contribution in [0.15, 0.2) is 28.7 Å². The van der Waals surface area contributed by atoms with E-state index < -0.39 is 11.6 Å². The molecule has 2 unspecified atom stereocenters. The van der Waals surface area contributed by atoms with Crippen LogP contribution in [0.4, 0.5) is 4.79 Å². The van der Waals surface area contributed by atoms with Crippen LogP contribution in [0.3, 0.4) is 0 Å². The molecule has 7 nitrogen and oxygen atoms in total. The second-order valence-electron chi connectivity index (χ2n) is 7.76. The number of hydrogen-bond acceptors (Lipinski definition) is 6. The summed E-state index contributed by atoms with van der Waals surface area (Å²) in [6, 6.07) is 7.24. The fraction of sp³-hybridized carbons (Fsp3) is 0.571. The summed E-state index contributed by atoms with van der Waals surface area (Å²) in [7, 11) is 0. The van der Waals surface area contributed by atoms with E-state index in [-0.39, 0.29) is 24.5 Å². The van der Waals surface area contributed by atoms with Gasteiger partial charge in [0.1, 0.15) is 16.6 Å². The molecule has 0 radical (unpaired) electrons. The third-order valence-electron chi connectivity index (χ3n) is 5.44. The number of carbonyl (C=O) groups is 2. The number of rotatable bonds is 7. The molecule has 3 rings (SSSR count). The number of carbonyl (C=O) groups excluding carboxylic acids is 2. The van der Waals surface area contributed by atoms with Crippen molar-refractivity contribution in [2.75, 3.05) is 19.7 Å². The Balaban J connectivity index is 1.81. The van der Waals surface area contributed by atoms with Crippen LogP contribution in [-0.2, 0) is 20.8 Å². The van der Waals surface area contributed by atoms with Gasteiger partial charge in [0.15, 0.2) is 0 Å². The summed E-state index contributed by atoms with van der Waals surface area (Å²) in [4.78, 5) is 27.0. The Bertz CT molecular complexity index is 800. The number of hydrogen-bond donors (Lipinski definition) is 2. The van der Waals surface area contributed by atoms with Crippen molar-refractivity contribution in [1.29, 1.82) is 0 Å². The largest absolute Gasteiger partial charge is 0.466 e. The van der Waals surface area contributed by atoms with Crippen LogP contribution in [0.5, 0.6) is 0 Å². The van der Waals surface area contributed by atoms with Gasteiger partial charge in [-0.25, -0.2) is 4.79 Å². The highest BCUT2D eigenvalue weighted by Gasteiger charge is 2.56. The molecule has 2 heterocycles. The number of benzene rings is 1. The van der Waals surface area contributed by atoms with Crippen LogP contribution in [0.1, 0.15) is 38.7 Å². The summed E-state index contributed by atoms with van der Waals surface area (Å²) in [5, 5.41) is 6.58. The summed E-state index contributed by atoms with van der Waals surface area (Å²) in [6.45, 7) is 5.92. The monoisotopic (exact) mass is 497 g/mol. The van der Waals surface area contributed by atoms with Gasteiger partial charge in [0.2, 0.25) is 0 Å². The van der Waals surface area contributed by atoms with E-state index in [1.807, 2.05) is 31.2 Å². The maximum Gasteiger partial charge on any atom is 0.411 e. The predicted octanol–water partition coefficient (Wildman–Crippen LogP) is 3.15. The van der Waals surface area contributed by atoms with Gasteiger partial charge in [-0.2, -0.15) is 0 Å². The molecule has 1 amide bonds. The van der Waals surface area contributed by atoms with Gasteiger partial charge in [0.05, 0.1) is 13.0 Å². The summed E-state index contributed by atoms with van der Waals surface area (Å²) in [6.07, 6.45) is 1.22. The molecule has 30 heavy (non-hydrogen) atoms. The van der Waals surface area contributed by atoms with Crippen molar-refractivity contribution in [3.05, 3.63) is 34.3 Å². The number of nitrogens with one attached hydrogen (secondary N) is 2. The Labute approximate surface area is 191 Å². The van der Waals surface area contributed by atoms with Gasteiger partial charge in [-0.3, -0.25) is 9.69 Å². The molecule has 2 atom stereocenters. The van der Waals surface area contributed by atoms with Crippen LogP contribution < -0.4 is 10.6 Å².